The summed E-state index contributed by atoms with van der Waals surface area (Å²) in [5.41, 5.74) is 1.27. The normalized spacial score (nSPS) is 11.2. The molecule has 0 aliphatic rings. The van der Waals surface area contributed by atoms with Gasteiger partial charge in [0.2, 0.25) is 0 Å². The van der Waals surface area contributed by atoms with Crippen LogP contribution in [0.2, 0.25) is 0 Å². The SMILES string of the molecule is CCNCc1cnc(C)n1C(C)C. The van der Waals surface area contributed by atoms with Crippen molar-refractivity contribution in [1.29, 1.82) is 0 Å². The molecule has 1 aromatic heterocycles. The average molecular weight is 181 g/mol. The van der Waals surface area contributed by atoms with Crippen molar-refractivity contribution in [3.63, 3.8) is 0 Å². The molecule has 0 unspecified atom stereocenters. The zero-order valence-corrected chi connectivity index (χ0v) is 8.96. The van der Waals surface area contributed by atoms with Crippen molar-refractivity contribution in [2.24, 2.45) is 0 Å². The van der Waals surface area contributed by atoms with Crippen LogP contribution < -0.4 is 5.32 Å². The molecule has 13 heavy (non-hydrogen) atoms. The highest BCUT2D eigenvalue weighted by Crippen LogP contribution is 2.12. The van der Waals surface area contributed by atoms with Crippen molar-refractivity contribution in [2.45, 2.75) is 40.3 Å². The van der Waals surface area contributed by atoms with E-state index in [4.69, 9.17) is 0 Å². The van der Waals surface area contributed by atoms with E-state index in [1.54, 1.807) is 0 Å². The lowest BCUT2D eigenvalue weighted by atomic mass is 10.3. The third kappa shape index (κ3) is 2.31. The van der Waals surface area contributed by atoms with Crippen LogP contribution in [-0.2, 0) is 6.54 Å². The first kappa shape index (κ1) is 10.3. The molecule has 0 atom stereocenters. The number of imidazole rings is 1. The molecule has 0 aromatic carbocycles. The summed E-state index contributed by atoms with van der Waals surface area (Å²) in [5.74, 6) is 1.10. The van der Waals surface area contributed by atoms with Crippen LogP contribution in [0.15, 0.2) is 6.20 Å². The number of nitrogens with one attached hydrogen (secondary N) is 1. The average Bonchev–Trinajstić information content (AvgIpc) is 2.43. The molecule has 1 N–H and O–H groups in total. The van der Waals surface area contributed by atoms with E-state index in [9.17, 15) is 0 Å². The molecule has 0 saturated carbocycles. The Morgan fingerprint density at radius 1 is 1.54 bits per heavy atom. The van der Waals surface area contributed by atoms with Gasteiger partial charge in [0.15, 0.2) is 0 Å². The zero-order valence-electron chi connectivity index (χ0n) is 8.96. The van der Waals surface area contributed by atoms with E-state index < -0.39 is 0 Å². The molecular formula is C10H19N3. The molecule has 3 nitrogen and oxygen atoms in total. The molecule has 1 rings (SSSR count). The number of rotatable bonds is 4. The summed E-state index contributed by atoms with van der Waals surface area (Å²) >= 11 is 0. The largest absolute Gasteiger partial charge is 0.329 e. The highest BCUT2D eigenvalue weighted by atomic mass is 15.1. The molecule has 0 radical (unpaired) electrons. The second-order valence-corrected chi connectivity index (χ2v) is 3.54. The van der Waals surface area contributed by atoms with Gasteiger partial charge in [0, 0.05) is 18.8 Å². The predicted octanol–water partition coefficient (Wildman–Crippen LogP) is 1.88. The first-order chi connectivity index (χ1) is 6.16. The number of aryl methyl sites for hydroxylation is 1. The topological polar surface area (TPSA) is 29.9 Å². The Kier molecular flexibility index (Phi) is 3.48. The summed E-state index contributed by atoms with van der Waals surface area (Å²) in [7, 11) is 0. The minimum absolute atomic E-state index is 0.496. The van der Waals surface area contributed by atoms with E-state index in [1.165, 1.54) is 5.69 Å². The Hall–Kier alpha value is -0.830. The maximum atomic E-state index is 4.31. The quantitative estimate of drug-likeness (QED) is 0.768. The van der Waals surface area contributed by atoms with E-state index in [1.807, 2.05) is 6.20 Å². The van der Waals surface area contributed by atoms with Crippen LogP contribution in [0.5, 0.6) is 0 Å². The van der Waals surface area contributed by atoms with Gasteiger partial charge in [-0.25, -0.2) is 4.98 Å². The fraction of sp³-hybridized carbons (Fsp3) is 0.700. The fourth-order valence-corrected chi connectivity index (χ4v) is 1.59. The molecule has 1 heterocycles. The van der Waals surface area contributed by atoms with Gasteiger partial charge in [-0.15, -0.1) is 0 Å². The number of hydrogen-bond donors (Lipinski definition) is 1. The number of hydrogen-bond acceptors (Lipinski definition) is 2. The van der Waals surface area contributed by atoms with Gasteiger partial charge in [-0.2, -0.15) is 0 Å². The molecule has 1 aromatic rings. The molecule has 0 amide bonds. The number of nitrogens with zero attached hydrogens (tertiary/aromatic N) is 2. The first-order valence-corrected chi connectivity index (χ1v) is 4.90. The lowest BCUT2D eigenvalue weighted by molar-refractivity contribution is 0.542. The Morgan fingerprint density at radius 3 is 2.77 bits per heavy atom. The van der Waals surface area contributed by atoms with Crippen LogP contribution in [-0.4, -0.2) is 16.1 Å². The van der Waals surface area contributed by atoms with Gasteiger partial charge in [-0.1, -0.05) is 6.92 Å². The summed E-state index contributed by atoms with van der Waals surface area (Å²) in [6.45, 7) is 10.4. The molecule has 3 heteroatoms. The summed E-state index contributed by atoms with van der Waals surface area (Å²) in [4.78, 5) is 4.31. The maximum absolute atomic E-state index is 4.31. The lowest BCUT2D eigenvalue weighted by Crippen LogP contribution is -2.16. The van der Waals surface area contributed by atoms with Gasteiger partial charge in [-0.3, -0.25) is 0 Å². The highest BCUT2D eigenvalue weighted by Gasteiger charge is 2.08. The van der Waals surface area contributed by atoms with E-state index in [2.05, 4.69) is 42.6 Å². The molecule has 0 saturated heterocycles. The molecule has 0 aliphatic heterocycles. The molecular weight excluding hydrogens is 162 g/mol. The number of aromatic nitrogens is 2. The van der Waals surface area contributed by atoms with Gasteiger partial charge >= 0.3 is 0 Å². The van der Waals surface area contributed by atoms with Crippen LogP contribution in [0.3, 0.4) is 0 Å². The molecule has 0 bridgehead atoms. The fourth-order valence-electron chi connectivity index (χ4n) is 1.59. The lowest BCUT2D eigenvalue weighted by Gasteiger charge is -2.14. The van der Waals surface area contributed by atoms with Crippen LogP contribution in [0.4, 0.5) is 0 Å². The van der Waals surface area contributed by atoms with Gasteiger partial charge in [0.05, 0.1) is 5.69 Å². The minimum atomic E-state index is 0.496. The molecule has 0 fully saturated rings. The standard InChI is InChI=1S/C10H19N3/c1-5-11-6-10-7-12-9(4)13(10)8(2)3/h7-8,11H,5-6H2,1-4H3. The predicted molar refractivity (Wildman–Crippen MR) is 54.7 cm³/mol. The van der Waals surface area contributed by atoms with Gasteiger partial charge in [0.1, 0.15) is 5.82 Å². The Balaban J connectivity index is 2.81. The molecule has 0 aliphatic carbocycles. The Bertz CT molecular complexity index is 263. The monoisotopic (exact) mass is 181 g/mol. The van der Waals surface area contributed by atoms with E-state index in [-0.39, 0.29) is 0 Å². The van der Waals surface area contributed by atoms with Crippen molar-refractivity contribution in [1.82, 2.24) is 14.9 Å². The third-order valence-corrected chi connectivity index (χ3v) is 2.13. The van der Waals surface area contributed by atoms with Crippen molar-refractivity contribution in [2.75, 3.05) is 6.54 Å². The summed E-state index contributed by atoms with van der Waals surface area (Å²) in [6, 6.07) is 0.496. The van der Waals surface area contributed by atoms with Crippen LogP contribution in [0.25, 0.3) is 0 Å². The molecule has 74 valence electrons. The van der Waals surface area contributed by atoms with E-state index in [0.717, 1.165) is 18.9 Å². The smallest absolute Gasteiger partial charge is 0.105 e. The van der Waals surface area contributed by atoms with Gasteiger partial charge in [-0.05, 0) is 27.3 Å². The van der Waals surface area contributed by atoms with Crippen molar-refractivity contribution in [3.05, 3.63) is 17.7 Å². The highest BCUT2D eigenvalue weighted by molar-refractivity contribution is 5.05. The van der Waals surface area contributed by atoms with Crippen LogP contribution >= 0.6 is 0 Å². The summed E-state index contributed by atoms with van der Waals surface area (Å²) in [6.07, 6.45) is 1.96. The Labute approximate surface area is 80.2 Å². The zero-order chi connectivity index (χ0) is 9.84. The maximum Gasteiger partial charge on any atom is 0.105 e. The summed E-state index contributed by atoms with van der Waals surface area (Å²) < 4.78 is 2.27. The minimum Gasteiger partial charge on any atom is -0.329 e. The van der Waals surface area contributed by atoms with E-state index >= 15 is 0 Å². The van der Waals surface area contributed by atoms with Crippen LogP contribution in [0.1, 0.15) is 38.3 Å². The summed E-state index contributed by atoms with van der Waals surface area (Å²) in [5, 5.41) is 3.31. The van der Waals surface area contributed by atoms with Gasteiger partial charge < -0.3 is 9.88 Å². The van der Waals surface area contributed by atoms with Crippen molar-refractivity contribution < 1.29 is 0 Å². The third-order valence-electron chi connectivity index (χ3n) is 2.13. The van der Waals surface area contributed by atoms with Gasteiger partial charge in [0.25, 0.3) is 0 Å². The van der Waals surface area contributed by atoms with Crippen molar-refractivity contribution in [3.8, 4) is 0 Å². The van der Waals surface area contributed by atoms with E-state index in [0.29, 0.717) is 6.04 Å². The second-order valence-electron chi connectivity index (χ2n) is 3.54. The first-order valence-electron chi connectivity index (χ1n) is 4.90. The second kappa shape index (κ2) is 4.42. The van der Waals surface area contributed by atoms with Crippen molar-refractivity contribution >= 4 is 0 Å². The van der Waals surface area contributed by atoms with Crippen LogP contribution in [0, 0.1) is 6.92 Å². The molecule has 0 spiro atoms. The Morgan fingerprint density at radius 2 is 2.23 bits per heavy atom.